The van der Waals surface area contributed by atoms with Gasteiger partial charge in [-0.25, -0.2) is 4.79 Å². The van der Waals surface area contributed by atoms with Gasteiger partial charge in [0.15, 0.2) is 0 Å². The number of benzene rings is 1. The van der Waals surface area contributed by atoms with E-state index in [-0.39, 0.29) is 33.7 Å². The van der Waals surface area contributed by atoms with E-state index < -0.39 is 11.9 Å². The summed E-state index contributed by atoms with van der Waals surface area (Å²) < 4.78 is 4.65. The number of methoxy groups -OCH3 is 1. The van der Waals surface area contributed by atoms with Gasteiger partial charge < -0.3 is 15.0 Å². The molecule has 118 valence electrons. The maximum Gasteiger partial charge on any atom is 0.340 e. The molecule has 1 fully saturated rings. The average Bonchev–Trinajstić information content (AvgIpc) is 2.87. The SMILES string of the molecule is COC(=O)c1cc(Cl)c(Cl)cc1NC(=O)CN1CCCC1=O. The fourth-order valence-electron chi connectivity index (χ4n) is 2.16. The molecule has 6 nitrogen and oxygen atoms in total. The number of nitrogens with zero attached hydrogens (tertiary/aromatic N) is 1. The second-order valence-corrected chi connectivity index (χ2v) is 5.58. The van der Waals surface area contributed by atoms with Crippen molar-refractivity contribution < 1.29 is 19.1 Å². The Balaban J connectivity index is 2.17. The number of amides is 2. The molecule has 0 spiro atoms. The summed E-state index contributed by atoms with van der Waals surface area (Å²) in [7, 11) is 1.22. The molecule has 1 aliphatic heterocycles. The van der Waals surface area contributed by atoms with Crippen molar-refractivity contribution in [3.05, 3.63) is 27.7 Å². The van der Waals surface area contributed by atoms with Crippen LogP contribution in [0.5, 0.6) is 0 Å². The van der Waals surface area contributed by atoms with Crippen LogP contribution >= 0.6 is 23.2 Å². The van der Waals surface area contributed by atoms with Crippen molar-refractivity contribution >= 4 is 46.7 Å². The zero-order valence-corrected chi connectivity index (χ0v) is 13.3. The highest BCUT2D eigenvalue weighted by atomic mass is 35.5. The second-order valence-electron chi connectivity index (χ2n) is 4.77. The molecule has 1 aromatic carbocycles. The average molecular weight is 345 g/mol. The van der Waals surface area contributed by atoms with Crippen molar-refractivity contribution in [1.82, 2.24) is 4.90 Å². The van der Waals surface area contributed by atoms with E-state index in [9.17, 15) is 14.4 Å². The lowest BCUT2D eigenvalue weighted by Crippen LogP contribution is -2.34. The molecule has 1 aromatic rings. The van der Waals surface area contributed by atoms with E-state index in [4.69, 9.17) is 23.2 Å². The molecule has 2 amide bonds. The Morgan fingerprint density at radius 3 is 2.59 bits per heavy atom. The first-order chi connectivity index (χ1) is 10.4. The van der Waals surface area contributed by atoms with Gasteiger partial charge in [-0.15, -0.1) is 0 Å². The van der Waals surface area contributed by atoms with Crippen LogP contribution in [-0.2, 0) is 14.3 Å². The van der Waals surface area contributed by atoms with Crippen LogP contribution in [0.3, 0.4) is 0 Å². The monoisotopic (exact) mass is 344 g/mol. The van der Waals surface area contributed by atoms with Crippen LogP contribution in [-0.4, -0.2) is 42.9 Å². The van der Waals surface area contributed by atoms with Gasteiger partial charge in [0.2, 0.25) is 11.8 Å². The lowest BCUT2D eigenvalue weighted by molar-refractivity contribution is -0.131. The number of anilines is 1. The number of carbonyl (C=O) groups excluding carboxylic acids is 3. The van der Waals surface area contributed by atoms with Gasteiger partial charge in [-0.2, -0.15) is 0 Å². The first-order valence-electron chi connectivity index (χ1n) is 6.57. The van der Waals surface area contributed by atoms with Gasteiger partial charge in [-0.1, -0.05) is 23.2 Å². The first kappa shape index (κ1) is 16.6. The van der Waals surface area contributed by atoms with Crippen LogP contribution in [0.1, 0.15) is 23.2 Å². The minimum atomic E-state index is -0.647. The van der Waals surface area contributed by atoms with Gasteiger partial charge in [-0.3, -0.25) is 9.59 Å². The summed E-state index contributed by atoms with van der Waals surface area (Å²) in [5, 5.41) is 2.94. The standard InChI is InChI=1S/C14H14Cl2N2O4/c1-22-14(21)8-5-9(15)10(16)6-11(8)17-12(19)7-18-4-2-3-13(18)20/h5-6H,2-4,7H2,1H3,(H,17,19). The molecule has 1 saturated heterocycles. The minimum Gasteiger partial charge on any atom is -0.465 e. The van der Waals surface area contributed by atoms with Gasteiger partial charge >= 0.3 is 5.97 Å². The third-order valence-corrected chi connectivity index (χ3v) is 3.97. The third kappa shape index (κ3) is 3.69. The molecule has 1 heterocycles. The molecule has 0 unspecified atom stereocenters. The molecule has 8 heteroatoms. The number of ether oxygens (including phenoxy) is 1. The van der Waals surface area contributed by atoms with Crippen molar-refractivity contribution in [2.45, 2.75) is 12.8 Å². The number of hydrogen-bond acceptors (Lipinski definition) is 4. The van der Waals surface area contributed by atoms with Crippen LogP contribution in [0.2, 0.25) is 10.0 Å². The zero-order chi connectivity index (χ0) is 16.3. The van der Waals surface area contributed by atoms with Gasteiger partial charge in [-0.05, 0) is 18.6 Å². The molecule has 0 bridgehead atoms. The quantitative estimate of drug-likeness (QED) is 0.850. The summed E-state index contributed by atoms with van der Waals surface area (Å²) in [6.07, 6.45) is 1.19. The van der Waals surface area contributed by atoms with E-state index in [2.05, 4.69) is 10.1 Å². The molecule has 1 aliphatic rings. The summed E-state index contributed by atoms with van der Waals surface area (Å²) in [5.74, 6) is -1.12. The van der Waals surface area contributed by atoms with E-state index in [1.807, 2.05) is 0 Å². The first-order valence-corrected chi connectivity index (χ1v) is 7.33. The number of hydrogen-bond donors (Lipinski definition) is 1. The molecule has 0 atom stereocenters. The predicted octanol–water partition coefficient (Wildman–Crippen LogP) is 2.34. The summed E-state index contributed by atoms with van der Waals surface area (Å²) >= 11 is 11.8. The van der Waals surface area contributed by atoms with Gasteiger partial charge in [0.25, 0.3) is 0 Å². The van der Waals surface area contributed by atoms with Crippen LogP contribution in [0.15, 0.2) is 12.1 Å². The zero-order valence-electron chi connectivity index (χ0n) is 11.8. The van der Waals surface area contributed by atoms with Crippen molar-refractivity contribution in [2.75, 3.05) is 25.5 Å². The highest BCUT2D eigenvalue weighted by Gasteiger charge is 2.23. The smallest absolute Gasteiger partial charge is 0.340 e. The Morgan fingerprint density at radius 1 is 1.32 bits per heavy atom. The summed E-state index contributed by atoms with van der Waals surface area (Å²) in [4.78, 5) is 36.8. The molecular weight excluding hydrogens is 331 g/mol. The normalized spacial score (nSPS) is 14.1. The van der Waals surface area contributed by atoms with Crippen molar-refractivity contribution in [3.8, 4) is 0 Å². The van der Waals surface area contributed by atoms with Crippen molar-refractivity contribution in [1.29, 1.82) is 0 Å². The Hall–Kier alpha value is -1.79. The second kappa shape index (κ2) is 6.98. The lowest BCUT2D eigenvalue weighted by Gasteiger charge is -2.16. The lowest BCUT2D eigenvalue weighted by atomic mass is 10.1. The van der Waals surface area contributed by atoms with Crippen LogP contribution in [0, 0.1) is 0 Å². The fourth-order valence-corrected chi connectivity index (χ4v) is 2.49. The topological polar surface area (TPSA) is 75.7 Å². The summed E-state index contributed by atoms with van der Waals surface area (Å²) in [6.45, 7) is 0.483. The maximum atomic E-state index is 12.0. The van der Waals surface area contributed by atoms with Crippen molar-refractivity contribution in [2.24, 2.45) is 0 Å². The van der Waals surface area contributed by atoms with Gasteiger partial charge in [0, 0.05) is 13.0 Å². The molecule has 0 aromatic heterocycles. The fraction of sp³-hybridized carbons (Fsp3) is 0.357. The molecule has 0 saturated carbocycles. The highest BCUT2D eigenvalue weighted by Crippen LogP contribution is 2.29. The molecular formula is C14H14Cl2N2O4. The molecule has 1 N–H and O–H groups in total. The Morgan fingerprint density at radius 2 is 2.00 bits per heavy atom. The highest BCUT2D eigenvalue weighted by molar-refractivity contribution is 6.42. The predicted molar refractivity (Wildman–Crippen MR) is 82.2 cm³/mol. The minimum absolute atomic E-state index is 0.0579. The maximum absolute atomic E-state index is 12.0. The van der Waals surface area contributed by atoms with Gasteiger partial charge in [0.1, 0.15) is 0 Å². The number of halogens is 2. The molecule has 0 aliphatic carbocycles. The van der Waals surface area contributed by atoms with E-state index in [0.717, 1.165) is 6.42 Å². The van der Waals surface area contributed by atoms with Crippen LogP contribution in [0.4, 0.5) is 5.69 Å². The van der Waals surface area contributed by atoms with E-state index in [1.165, 1.54) is 24.1 Å². The van der Waals surface area contributed by atoms with Crippen LogP contribution < -0.4 is 5.32 Å². The summed E-state index contributed by atoms with van der Waals surface area (Å²) in [6, 6.07) is 2.70. The Labute approximate surface area is 137 Å². The van der Waals surface area contributed by atoms with E-state index in [1.54, 1.807) is 0 Å². The molecule has 22 heavy (non-hydrogen) atoms. The Bertz CT molecular complexity index is 634. The largest absolute Gasteiger partial charge is 0.465 e. The summed E-state index contributed by atoms with van der Waals surface area (Å²) in [5.41, 5.74) is 0.288. The van der Waals surface area contributed by atoms with Crippen LogP contribution in [0.25, 0.3) is 0 Å². The molecule has 0 radical (unpaired) electrons. The number of likely N-dealkylation sites (tertiary alicyclic amines) is 1. The third-order valence-electron chi connectivity index (χ3n) is 3.25. The van der Waals surface area contributed by atoms with E-state index >= 15 is 0 Å². The van der Waals surface area contributed by atoms with Crippen molar-refractivity contribution in [3.63, 3.8) is 0 Å². The van der Waals surface area contributed by atoms with E-state index in [0.29, 0.717) is 13.0 Å². The number of carbonyl (C=O) groups is 3. The molecule has 2 rings (SSSR count). The number of nitrogens with one attached hydrogen (secondary N) is 1. The van der Waals surface area contributed by atoms with Gasteiger partial charge in [0.05, 0.1) is 35.0 Å². The number of rotatable bonds is 4. The Kier molecular flexibility index (Phi) is 5.26. The number of esters is 1.